The highest BCUT2D eigenvalue weighted by molar-refractivity contribution is 7.71. The second-order valence-corrected chi connectivity index (χ2v) is 5.67. The van der Waals surface area contributed by atoms with Gasteiger partial charge in [0, 0.05) is 5.56 Å². The molecule has 0 atom stereocenters. The average Bonchev–Trinajstić information content (AvgIpc) is 2.65. The number of nitrogens with zero attached hydrogens (tertiary/aromatic N) is 3. The number of nitrogens with one attached hydrogen (secondary N) is 1. The summed E-state index contributed by atoms with van der Waals surface area (Å²) in [5.41, 5.74) is 1.74. The van der Waals surface area contributed by atoms with Gasteiger partial charge in [-0.2, -0.15) is 14.9 Å². The number of aryl methyl sites for hydroxylation is 1. The summed E-state index contributed by atoms with van der Waals surface area (Å²) in [5, 5.41) is 10.6. The summed E-state index contributed by atoms with van der Waals surface area (Å²) in [6.07, 6.45) is 1.55. The van der Waals surface area contributed by atoms with Crippen molar-refractivity contribution < 1.29 is 4.74 Å². The Balaban J connectivity index is 1.85. The molecule has 0 aliphatic carbocycles. The molecule has 1 aromatic heterocycles. The van der Waals surface area contributed by atoms with Gasteiger partial charge in [-0.15, -0.1) is 0 Å². The monoisotopic (exact) mass is 352 g/mol. The van der Waals surface area contributed by atoms with Crippen molar-refractivity contribution in [3.05, 3.63) is 86.5 Å². The lowest BCUT2D eigenvalue weighted by molar-refractivity contribution is 0.306. The first-order valence-corrected chi connectivity index (χ1v) is 8.04. The molecule has 0 aliphatic rings. The van der Waals surface area contributed by atoms with Crippen molar-refractivity contribution in [3.8, 4) is 5.75 Å². The zero-order valence-electron chi connectivity index (χ0n) is 13.5. The zero-order chi connectivity index (χ0) is 17.6. The van der Waals surface area contributed by atoms with Crippen LogP contribution in [0.2, 0.25) is 0 Å². The first kappa shape index (κ1) is 16.8. The molecular formula is C18H16N4O2S. The molecule has 0 saturated carbocycles. The molecule has 3 rings (SSSR count). The standard InChI is InChI=1S/C18H16N4O2S/c1-13-17(23)22(18(25)21-20-13)19-11-15-9-5-6-10-16(15)24-12-14-7-3-2-4-8-14/h2-11H,12H2,1H3,(H,21,25)/b19-11+. The fourth-order valence-electron chi connectivity index (χ4n) is 2.15. The predicted octanol–water partition coefficient (Wildman–Crippen LogP) is 3.07. The van der Waals surface area contributed by atoms with E-state index in [4.69, 9.17) is 17.0 Å². The van der Waals surface area contributed by atoms with Crippen molar-refractivity contribution in [1.29, 1.82) is 0 Å². The number of H-pyrrole nitrogens is 1. The minimum atomic E-state index is -0.359. The lowest BCUT2D eigenvalue weighted by Crippen LogP contribution is -2.22. The van der Waals surface area contributed by atoms with Crippen LogP contribution in [0.1, 0.15) is 16.8 Å². The molecular weight excluding hydrogens is 336 g/mol. The molecule has 6 nitrogen and oxygen atoms in total. The molecule has 0 radical (unpaired) electrons. The summed E-state index contributed by atoms with van der Waals surface area (Å²) in [6.45, 7) is 2.04. The molecule has 0 unspecified atom stereocenters. The van der Waals surface area contributed by atoms with Crippen molar-refractivity contribution in [3.63, 3.8) is 0 Å². The zero-order valence-corrected chi connectivity index (χ0v) is 14.4. The molecule has 2 aromatic carbocycles. The van der Waals surface area contributed by atoms with E-state index in [9.17, 15) is 4.79 Å². The Labute approximate surface area is 149 Å². The van der Waals surface area contributed by atoms with Crippen molar-refractivity contribution in [1.82, 2.24) is 14.9 Å². The Bertz CT molecular complexity index is 1010. The minimum absolute atomic E-state index is 0.134. The Morgan fingerprint density at radius 2 is 1.92 bits per heavy atom. The maximum absolute atomic E-state index is 12.1. The van der Waals surface area contributed by atoms with Crippen LogP contribution >= 0.6 is 12.2 Å². The van der Waals surface area contributed by atoms with Crippen LogP contribution in [0.5, 0.6) is 5.75 Å². The van der Waals surface area contributed by atoms with Gasteiger partial charge in [-0.25, -0.2) is 0 Å². The largest absolute Gasteiger partial charge is 0.488 e. The van der Waals surface area contributed by atoms with Crippen LogP contribution in [0.25, 0.3) is 0 Å². The number of benzene rings is 2. The number of aromatic amines is 1. The molecule has 25 heavy (non-hydrogen) atoms. The van der Waals surface area contributed by atoms with E-state index in [0.717, 1.165) is 15.8 Å². The van der Waals surface area contributed by atoms with Crippen molar-refractivity contribution in [2.24, 2.45) is 5.10 Å². The van der Waals surface area contributed by atoms with E-state index in [0.29, 0.717) is 18.1 Å². The average molecular weight is 352 g/mol. The fraction of sp³-hybridized carbons (Fsp3) is 0.111. The van der Waals surface area contributed by atoms with Gasteiger partial charge in [0.05, 0.1) is 6.21 Å². The third-order valence-corrected chi connectivity index (χ3v) is 3.75. The summed E-state index contributed by atoms with van der Waals surface area (Å²) >= 11 is 5.06. The van der Waals surface area contributed by atoms with E-state index in [-0.39, 0.29) is 10.3 Å². The van der Waals surface area contributed by atoms with Crippen LogP contribution in [0, 0.1) is 11.7 Å². The van der Waals surface area contributed by atoms with Crippen molar-refractivity contribution in [2.45, 2.75) is 13.5 Å². The summed E-state index contributed by atoms with van der Waals surface area (Å²) < 4.78 is 7.11. The van der Waals surface area contributed by atoms with Crippen LogP contribution in [0.3, 0.4) is 0 Å². The topological polar surface area (TPSA) is 72.3 Å². The number of aromatic nitrogens is 3. The van der Waals surface area contributed by atoms with E-state index in [2.05, 4.69) is 15.3 Å². The van der Waals surface area contributed by atoms with E-state index >= 15 is 0 Å². The quantitative estimate of drug-likeness (QED) is 0.566. The molecule has 126 valence electrons. The predicted molar refractivity (Wildman–Crippen MR) is 98.6 cm³/mol. The van der Waals surface area contributed by atoms with Gasteiger partial charge in [0.25, 0.3) is 5.56 Å². The molecule has 0 aliphatic heterocycles. The molecule has 7 heteroatoms. The Hall–Kier alpha value is -3.06. The van der Waals surface area contributed by atoms with Gasteiger partial charge < -0.3 is 4.74 Å². The van der Waals surface area contributed by atoms with Crippen LogP contribution in [0.15, 0.2) is 64.5 Å². The third kappa shape index (κ3) is 4.07. The summed E-state index contributed by atoms with van der Waals surface area (Å²) in [7, 11) is 0. The van der Waals surface area contributed by atoms with Gasteiger partial charge in [-0.3, -0.25) is 9.89 Å². The van der Waals surface area contributed by atoms with Crippen molar-refractivity contribution >= 4 is 18.4 Å². The minimum Gasteiger partial charge on any atom is -0.488 e. The van der Waals surface area contributed by atoms with Crippen LogP contribution in [-0.4, -0.2) is 21.1 Å². The Morgan fingerprint density at radius 3 is 2.72 bits per heavy atom. The highest BCUT2D eigenvalue weighted by atomic mass is 32.1. The van der Waals surface area contributed by atoms with Gasteiger partial charge in [-0.05, 0) is 36.8 Å². The molecule has 0 spiro atoms. The molecule has 1 N–H and O–H groups in total. The highest BCUT2D eigenvalue weighted by Gasteiger charge is 2.04. The molecule has 0 fully saturated rings. The smallest absolute Gasteiger partial charge is 0.296 e. The lowest BCUT2D eigenvalue weighted by Gasteiger charge is -2.09. The summed E-state index contributed by atoms with van der Waals surface area (Å²) in [4.78, 5) is 12.1. The molecule has 0 amide bonds. The second kappa shape index (κ2) is 7.67. The van der Waals surface area contributed by atoms with Crippen LogP contribution < -0.4 is 10.3 Å². The normalized spacial score (nSPS) is 10.9. The SMILES string of the molecule is Cc1n[nH]c(=S)n(/N=C/c2ccccc2OCc2ccccc2)c1=O. The Kier molecular flexibility index (Phi) is 5.15. The second-order valence-electron chi connectivity index (χ2n) is 5.29. The van der Waals surface area contributed by atoms with E-state index in [1.54, 1.807) is 13.1 Å². The highest BCUT2D eigenvalue weighted by Crippen LogP contribution is 2.17. The Morgan fingerprint density at radius 1 is 1.20 bits per heavy atom. The van der Waals surface area contributed by atoms with Gasteiger partial charge in [-0.1, -0.05) is 42.5 Å². The molecule has 0 bridgehead atoms. The van der Waals surface area contributed by atoms with Gasteiger partial charge in [0.15, 0.2) is 0 Å². The van der Waals surface area contributed by atoms with Crippen LogP contribution in [0.4, 0.5) is 0 Å². The number of hydrogen-bond acceptors (Lipinski definition) is 5. The van der Waals surface area contributed by atoms with Crippen LogP contribution in [-0.2, 0) is 6.61 Å². The maximum atomic E-state index is 12.1. The number of hydrogen-bond donors (Lipinski definition) is 1. The number of para-hydroxylation sites is 1. The number of rotatable bonds is 5. The first-order chi connectivity index (χ1) is 12.1. The summed E-state index contributed by atoms with van der Waals surface area (Å²) in [6, 6.07) is 17.3. The number of ether oxygens (including phenoxy) is 1. The molecule has 1 heterocycles. The summed E-state index contributed by atoms with van der Waals surface area (Å²) in [5.74, 6) is 0.670. The molecule has 0 saturated heterocycles. The van der Waals surface area contributed by atoms with Gasteiger partial charge in [0.1, 0.15) is 18.1 Å². The first-order valence-electron chi connectivity index (χ1n) is 7.63. The maximum Gasteiger partial charge on any atom is 0.296 e. The van der Waals surface area contributed by atoms with E-state index in [1.807, 2.05) is 54.6 Å². The lowest BCUT2D eigenvalue weighted by atomic mass is 10.2. The van der Waals surface area contributed by atoms with E-state index in [1.165, 1.54) is 0 Å². The van der Waals surface area contributed by atoms with Gasteiger partial charge in [0.2, 0.25) is 4.77 Å². The van der Waals surface area contributed by atoms with E-state index < -0.39 is 0 Å². The van der Waals surface area contributed by atoms with Gasteiger partial charge >= 0.3 is 0 Å². The molecule has 3 aromatic rings. The third-order valence-electron chi connectivity index (χ3n) is 3.48. The fourth-order valence-corrected chi connectivity index (χ4v) is 2.33. The van der Waals surface area contributed by atoms with Crippen molar-refractivity contribution in [2.75, 3.05) is 0 Å².